The van der Waals surface area contributed by atoms with E-state index in [1.807, 2.05) is 19.9 Å². The highest BCUT2D eigenvalue weighted by Crippen LogP contribution is 2.38. The summed E-state index contributed by atoms with van der Waals surface area (Å²) >= 11 is 0. The third kappa shape index (κ3) is 2.98. The van der Waals surface area contributed by atoms with Gasteiger partial charge in [-0.25, -0.2) is 4.39 Å². The lowest BCUT2D eigenvalue weighted by Gasteiger charge is -2.29. The van der Waals surface area contributed by atoms with Gasteiger partial charge in [-0.1, -0.05) is 20.8 Å². The summed E-state index contributed by atoms with van der Waals surface area (Å²) in [5.41, 5.74) is 9.08. The van der Waals surface area contributed by atoms with Crippen LogP contribution in [0.25, 0.3) is 0 Å². The molecule has 0 amide bonds. The van der Waals surface area contributed by atoms with Crippen LogP contribution in [0.15, 0.2) is 12.1 Å². The molecule has 1 unspecified atom stereocenters. The number of nitrogens with zero attached hydrogens (tertiary/aromatic N) is 1. The van der Waals surface area contributed by atoms with E-state index in [9.17, 15) is 4.39 Å². The van der Waals surface area contributed by atoms with Gasteiger partial charge in [0.25, 0.3) is 0 Å². The molecular formula is C17H27FN2. The Bertz CT molecular complexity index is 488. The first-order valence-electron chi connectivity index (χ1n) is 7.50. The Morgan fingerprint density at radius 3 is 2.50 bits per heavy atom. The molecule has 1 saturated heterocycles. The van der Waals surface area contributed by atoms with Gasteiger partial charge in [-0.15, -0.1) is 0 Å². The zero-order valence-corrected chi connectivity index (χ0v) is 13.3. The van der Waals surface area contributed by atoms with Gasteiger partial charge in [-0.3, -0.25) is 0 Å². The number of benzene rings is 1. The quantitative estimate of drug-likeness (QED) is 0.885. The molecule has 1 aliphatic rings. The molecule has 3 heteroatoms. The van der Waals surface area contributed by atoms with Gasteiger partial charge in [-0.05, 0) is 54.9 Å². The number of halogens is 1. The van der Waals surface area contributed by atoms with Crippen molar-refractivity contribution < 1.29 is 4.39 Å². The van der Waals surface area contributed by atoms with Crippen molar-refractivity contribution in [3.05, 3.63) is 29.1 Å². The van der Waals surface area contributed by atoms with Crippen molar-refractivity contribution in [1.29, 1.82) is 0 Å². The van der Waals surface area contributed by atoms with Gasteiger partial charge in [0, 0.05) is 24.8 Å². The number of hydrogen-bond acceptors (Lipinski definition) is 2. The Kier molecular flexibility index (Phi) is 4.10. The van der Waals surface area contributed by atoms with E-state index in [0.29, 0.717) is 16.9 Å². The average Bonchev–Trinajstić information content (AvgIpc) is 2.80. The Labute approximate surface area is 122 Å². The van der Waals surface area contributed by atoms with Crippen LogP contribution >= 0.6 is 0 Å². The van der Waals surface area contributed by atoms with Gasteiger partial charge in [0.1, 0.15) is 5.82 Å². The molecule has 1 aromatic carbocycles. The van der Waals surface area contributed by atoms with Crippen molar-refractivity contribution in [3.63, 3.8) is 0 Å². The highest BCUT2D eigenvalue weighted by atomic mass is 19.1. The molecule has 2 N–H and O–H groups in total. The number of anilines is 1. The van der Waals surface area contributed by atoms with Crippen LogP contribution in [0.2, 0.25) is 0 Å². The van der Waals surface area contributed by atoms with Crippen LogP contribution in [0.4, 0.5) is 10.1 Å². The topological polar surface area (TPSA) is 29.3 Å². The molecule has 1 aromatic rings. The Morgan fingerprint density at radius 2 is 2.00 bits per heavy atom. The minimum absolute atomic E-state index is 0.145. The molecule has 0 aromatic heterocycles. The molecular weight excluding hydrogens is 251 g/mol. The molecule has 20 heavy (non-hydrogen) atoms. The third-order valence-electron chi connectivity index (χ3n) is 4.55. The van der Waals surface area contributed by atoms with Crippen molar-refractivity contribution in [1.82, 2.24) is 0 Å². The number of aryl methyl sites for hydroxylation is 1. The van der Waals surface area contributed by atoms with E-state index in [2.05, 4.69) is 25.7 Å². The highest BCUT2D eigenvalue weighted by Gasteiger charge is 2.32. The maximum atomic E-state index is 13.8. The average molecular weight is 278 g/mol. The molecule has 112 valence electrons. The maximum absolute atomic E-state index is 13.8. The lowest BCUT2D eigenvalue weighted by molar-refractivity contribution is 0.263. The molecule has 0 aliphatic carbocycles. The first-order valence-corrected chi connectivity index (χ1v) is 7.50. The molecule has 2 rings (SSSR count). The summed E-state index contributed by atoms with van der Waals surface area (Å²) < 4.78 is 13.8. The Hall–Kier alpha value is -1.09. The first kappa shape index (κ1) is 15.3. The smallest absolute Gasteiger partial charge is 0.126 e. The van der Waals surface area contributed by atoms with E-state index >= 15 is 0 Å². The van der Waals surface area contributed by atoms with Gasteiger partial charge in [-0.2, -0.15) is 0 Å². The van der Waals surface area contributed by atoms with Gasteiger partial charge in [0.05, 0.1) is 0 Å². The maximum Gasteiger partial charge on any atom is 0.126 e. The van der Waals surface area contributed by atoms with E-state index in [0.717, 1.165) is 24.3 Å². The molecule has 0 saturated carbocycles. The van der Waals surface area contributed by atoms with Gasteiger partial charge in [0.15, 0.2) is 0 Å². The molecule has 1 heterocycles. The van der Waals surface area contributed by atoms with Crippen molar-refractivity contribution in [2.45, 2.75) is 47.1 Å². The Balaban J connectivity index is 2.32. The van der Waals surface area contributed by atoms with Crippen molar-refractivity contribution in [3.8, 4) is 0 Å². The van der Waals surface area contributed by atoms with Crippen LogP contribution in [-0.2, 0) is 0 Å². The summed E-state index contributed by atoms with van der Waals surface area (Å²) in [5, 5.41) is 0. The number of nitrogens with two attached hydrogens (primary N) is 1. The van der Waals surface area contributed by atoms with E-state index in [-0.39, 0.29) is 11.9 Å². The van der Waals surface area contributed by atoms with Crippen LogP contribution in [0.3, 0.4) is 0 Å². The molecule has 0 bridgehead atoms. The number of hydrogen-bond donors (Lipinski definition) is 1. The monoisotopic (exact) mass is 278 g/mol. The van der Waals surface area contributed by atoms with Crippen LogP contribution < -0.4 is 10.6 Å². The zero-order chi connectivity index (χ0) is 15.1. The van der Waals surface area contributed by atoms with Gasteiger partial charge < -0.3 is 10.6 Å². The van der Waals surface area contributed by atoms with E-state index in [1.54, 1.807) is 6.07 Å². The fourth-order valence-corrected chi connectivity index (χ4v) is 3.01. The van der Waals surface area contributed by atoms with Gasteiger partial charge >= 0.3 is 0 Å². The predicted molar refractivity (Wildman–Crippen MR) is 83.5 cm³/mol. The summed E-state index contributed by atoms with van der Waals surface area (Å²) in [6, 6.07) is 3.42. The molecule has 2 atom stereocenters. The van der Waals surface area contributed by atoms with Crippen molar-refractivity contribution >= 4 is 5.69 Å². The lowest BCUT2D eigenvalue weighted by Crippen LogP contribution is -2.27. The second kappa shape index (κ2) is 5.36. The van der Waals surface area contributed by atoms with Crippen LogP contribution in [-0.4, -0.2) is 13.1 Å². The SMILES string of the molecule is Cc1cc(N2CCC(C(C)(C)C)C2)c([C@@H](C)N)cc1F. The largest absolute Gasteiger partial charge is 0.371 e. The fraction of sp³-hybridized carbons (Fsp3) is 0.647. The van der Waals surface area contributed by atoms with E-state index in [1.165, 1.54) is 6.42 Å². The molecule has 0 radical (unpaired) electrons. The van der Waals surface area contributed by atoms with Crippen LogP contribution in [0, 0.1) is 24.1 Å². The summed E-state index contributed by atoms with van der Waals surface area (Å²) in [5.74, 6) is 0.515. The first-order chi connectivity index (χ1) is 9.20. The van der Waals surface area contributed by atoms with Crippen molar-refractivity contribution in [2.75, 3.05) is 18.0 Å². The zero-order valence-electron chi connectivity index (χ0n) is 13.3. The minimum Gasteiger partial charge on any atom is -0.371 e. The summed E-state index contributed by atoms with van der Waals surface area (Å²) in [6.45, 7) is 12.7. The normalized spacial score (nSPS) is 21.4. The summed E-state index contributed by atoms with van der Waals surface area (Å²) in [7, 11) is 0. The predicted octanol–water partition coefficient (Wildman–Crippen LogP) is 4.03. The van der Waals surface area contributed by atoms with Gasteiger partial charge in [0.2, 0.25) is 0 Å². The van der Waals surface area contributed by atoms with Crippen molar-refractivity contribution in [2.24, 2.45) is 17.1 Å². The summed E-state index contributed by atoms with van der Waals surface area (Å²) in [6.07, 6.45) is 1.19. The molecule has 1 aliphatic heterocycles. The highest BCUT2D eigenvalue weighted by molar-refractivity contribution is 5.57. The molecule has 0 spiro atoms. The third-order valence-corrected chi connectivity index (χ3v) is 4.55. The second-order valence-corrected chi connectivity index (χ2v) is 7.25. The molecule has 2 nitrogen and oxygen atoms in total. The van der Waals surface area contributed by atoms with Crippen LogP contribution in [0.5, 0.6) is 0 Å². The second-order valence-electron chi connectivity index (χ2n) is 7.25. The van der Waals surface area contributed by atoms with E-state index in [4.69, 9.17) is 5.73 Å². The standard InChI is InChI=1S/C17H27FN2/c1-11-8-16(14(12(2)19)9-15(11)18)20-7-6-13(10-20)17(3,4)5/h8-9,12-13H,6-7,10,19H2,1-5H3/t12-,13?/m1/s1. The Morgan fingerprint density at radius 1 is 1.35 bits per heavy atom. The van der Waals surface area contributed by atoms with E-state index < -0.39 is 0 Å². The lowest BCUT2D eigenvalue weighted by atomic mass is 9.80. The minimum atomic E-state index is -0.160. The number of rotatable bonds is 2. The summed E-state index contributed by atoms with van der Waals surface area (Å²) in [4.78, 5) is 2.38. The van der Waals surface area contributed by atoms with Crippen LogP contribution in [0.1, 0.15) is 51.3 Å². The fourth-order valence-electron chi connectivity index (χ4n) is 3.01. The molecule has 1 fully saturated rings.